The predicted molar refractivity (Wildman–Crippen MR) is 92.4 cm³/mol. The molecule has 3 aliphatic rings. The van der Waals surface area contributed by atoms with E-state index in [1.54, 1.807) is 5.56 Å². The molecule has 1 aromatic carbocycles. The highest BCUT2D eigenvalue weighted by molar-refractivity contribution is 5.85. The molecule has 0 amide bonds. The minimum Gasteiger partial charge on any atom is -0.392 e. The maximum atomic E-state index is 9.44. The standard InChI is InChI=1S/C20H24N2O/c23-12-13-5-7-18-14(11-13)6-8-19-20-16(9-10-22(18)19)15-3-1-2-4-17(15)21-20/h1-4,11,14,18-19,21,23H,5-10,12H2/t14-,18-,19-/m0/s1. The number of aliphatic hydroxyl groups excluding tert-OH is 1. The molecule has 120 valence electrons. The summed E-state index contributed by atoms with van der Waals surface area (Å²) in [6.45, 7) is 1.43. The van der Waals surface area contributed by atoms with E-state index in [1.807, 2.05) is 0 Å². The first kappa shape index (κ1) is 13.8. The number of aromatic amines is 1. The van der Waals surface area contributed by atoms with E-state index in [1.165, 1.54) is 48.0 Å². The summed E-state index contributed by atoms with van der Waals surface area (Å²) in [7, 11) is 0. The molecule has 1 aliphatic carbocycles. The van der Waals surface area contributed by atoms with E-state index in [0.717, 1.165) is 12.8 Å². The number of nitrogens with zero attached hydrogens (tertiary/aromatic N) is 1. The van der Waals surface area contributed by atoms with Gasteiger partial charge in [-0.2, -0.15) is 0 Å². The average molecular weight is 308 g/mol. The summed E-state index contributed by atoms with van der Waals surface area (Å²) < 4.78 is 0. The fraction of sp³-hybridized carbons (Fsp3) is 0.500. The van der Waals surface area contributed by atoms with Crippen LogP contribution in [0.2, 0.25) is 0 Å². The number of H-pyrrole nitrogens is 1. The zero-order valence-corrected chi connectivity index (χ0v) is 13.5. The van der Waals surface area contributed by atoms with Crippen LogP contribution >= 0.6 is 0 Å². The highest BCUT2D eigenvalue weighted by Crippen LogP contribution is 2.46. The van der Waals surface area contributed by atoms with Gasteiger partial charge in [0.05, 0.1) is 12.6 Å². The van der Waals surface area contributed by atoms with Crippen LogP contribution in [0, 0.1) is 5.92 Å². The number of hydrogen-bond donors (Lipinski definition) is 2. The topological polar surface area (TPSA) is 39.3 Å². The molecule has 3 heteroatoms. The average Bonchev–Trinajstić information content (AvgIpc) is 2.99. The first-order chi connectivity index (χ1) is 11.3. The van der Waals surface area contributed by atoms with Gasteiger partial charge in [0.25, 0.3) is 0 Å². The van der Waals surface area contributed by atoms with Crippen LogP contribution in [0.25, 0.3) is 10.9 Å². The maximum Gasteiger partial charge on any atom is 0.0641 e. The van der Waals surface area contributed by atoms with Crippen molar-refractivity contribution in [1.82, 2.24) is 9.88 Å². The SMILES string of the molecule is OCC1=C[C@@H]2CC[C@H]3c4[nH]c5ccccc5c4CCN3[C@H]2CC1. The first-order valence-electron chi connectivity index (χ1n) is 9.01. The minimum absolute atomic E-state index is 0.249. The second kappa shape index (κ2) is 5.22. The minimum atomic E-state index is 0.249. The molecule has 1 aromatic heterocycles. The van der Waals surface area contributed by atoms with Crippen molar-refractivity contribution in [2.75, 3.05) is 13.2 Å². The van der Waals surface area contributed by atoms with Crippen molar-refractivity contribution in [3.63, 3.8) is 0 Å². The number of piperidine rings is 1. The van der Waals surface area contributed by atoms with Crippen LogP contribution in [0.1, 0.15) is 43.0 Å². The van der Waals surface area contributed by atoms with Crippen LogP contribution in [0.15, 0.2) is 35.9 Å². The van der Waals surface area contributed by atoms with E-state index in [-0.39, 0.29) is 6.61 Å². The predicted octanol–water partition coefficient (Wildman–Crippen LogP) is 3.56. The molecular formula is C20H24N2O. The number of aliphatic hydroxyl groups is 1. The van der Waals surface area contributed by atoms with Gasteiger partial charge in [0.2, 0.25) is 0 Å². The van der Waals surface area contributed by atoms with E-state index in [9.17, 15) is 5.11 Å². The molecular weight excluding hydrogens is 284 g/mol. The van der Waals surface area contributed by atoms with Crippen LogP contribution in [0.5, 0.6) is 0 Å². The summed E-state index contributed by atoms with van der Waals surface area (Å²) in [5.74, 6) is 0.646. The summed E-state index contributed by atoms with van der Waals surface area (Å²) in [6.07, 6.45) is 8.31. The summed E-state index contributed by atoms with van der Waals surface area (Å²) in [6, 6.07) is 9.99. The third-order valence-electron chi connectivity index (χ3n) is 6.31. The van der Waals surface area contributed by atoms with Crippen molar-refractivity contribution in [3.05, 3.63) is 47.2 Å². The lowest BCUT2D eigenvalue weighted by atomic mass is 9.75. The van der Waals surface area contributed by atoms with Crippen molar-refractivity contribution < 1.29 is 5.11 Å². The molecule has 2 aromatic rings. The fourth-order valence-electron chi connectivity index (χ4n) is 5.26. The Kier molecular flexibility index (Phi) is 3.14. The van der Waals surface area contributed by atoms with Crippen LogP contribution in [-0.2, 0) is 6.42 Å². The van der Waals surface area contributed by atoms with Crippen LogP contribution in [0.3, 0.4) is 0 Å². The van der Waals surface area contributed by atoms with Gasteiger partial charge in [0, 0.05) is 29.2 Å². The van der Waals surface area contributed by atoms with Gasteiger partial charge in [-0.1, -0.05) is 24.3 Å². The lowest BCUT2D eigenvalue weighted by Gasteiger charge is -2.49. The third kappa shape index (κ3) is 2.03. The molecule has 0 spiro atoms. The Bertz CT molecular complexity index is 775. The van der Waals surface area contributed by atoms with Crippen molar-refractivity contribution in [2.24, 2.45) is 5.92 Å². The van der Waals surface area contributed by atoms with Gasteiger partial charge in [-0.15, -0.1) is 0 Å². The maximum absolute atomic E-state index is 9.44. The molecule has 5 rings (SSSR count). The van der Waals surface area contributed by atoms with Crippen molar-refractivity contribution in [1.29, 1.82) is 0 Å². The number of para-hydroxylation sites is 1. The lowest BCUT2D eigenvalue weighted by molar-refractivity contribution is 0.0357. The Morgan fingerprint density at radius 1 is 1.13 bits per heavy atom. The smallest absolute Gasteiger partial charge is 0.0641 e. The van der Waals surface area contributed by atoms with Crippen molar-refractivity contribution >= 4 is 10.9 Å². The molecule has 3 atom stereocenters. The second-order valence-electron chi connectivity index (χ2n) is 7.40. The Morgan fingerprint density at radius 3 is 2.96 bits per heavy atom. The zero-order valence-electron chi connectivity index (χ0n) is 13.5. The van der Waals surface area contributed by atoms with E-state index in [2.05, 4.69) is 40.2 Å². The number of benzene rings is 1. The Balaban J connectivity index is 1.52. The van der Waals surface area contributed by atoms with Gasteiger partial charge >= 0.3 is 0 Å². The molecule has 23 heavy (non-hydrogen) atoms. The summed E-state index contributed by atoms with van der Waals surface area (Å²) in [5, 5.41) is 10.9. The fourth-order valence-corrected chi connectivity index (χ4v) is 5.26. The normalized spacial score (nSPS) is 30.5. The van der Waals surface area contributed by atoms with Gasteiger partial charge in [0.1, 0.15) is 0 Å². The quantitative estimate of drug-likeness (QED) is 0.791. The number of hydrogen-bond acceptors (Lipinski definition) is 2. The Morgan fingerprint density at radius 2 is 2.04 bits per heavy atom. The van der Waals surface area contributed by atoms with Crippen molar-refractivity contribution in [3.8, 4) is 0 Å². The van der Waals surface area contributed by atoms with E-state index in [4.69, 9.17) is 0 Å². The highest BCUT2D eigenvalue weighted by atomic mass is 16.3. The van der Waals surface area contributed by atoms with Crippen LogP contribution in [0.4, 0.5) is 0 Å². The molecule has 0 radical (unpaired) electrons. The number of nitrogens with one attached hydrogen (secondary N) is 1. The molecule has 0 unspecified atom stereocenters. The van der Waals surface area contributed by atoms with Crippen LogP contribution in [-0.4, -0.2) is 34.2 Å². The monoisotopic (exact) mass is 308 g/mol. The molecule has 3 nitrogen and oxygen atoms in total. The van der Waals surface area contributed by atoms with E-state index >= 15 is 0 Å². The Labute approximate surface area is 137 Å². The highest BCUT2D eigenvalue weighted by Gasteiger charge is 2.41. The summed E-state index contributed by atoms with van der Waals surface area (Å²) >= 11 is 0. The third-order valence-corrected chi connectivity index (χ3v) is 6.31. The number of fused-ring (bicyclic) bond motifs is 7. The van der Waals surface area contributed by atoms with Gasteiger partial charge in [-0.05, 0) is 55.2 Å². The molecule has 1 saturated heterocycles. The van der Waals surface area contributed by atoms with E-state index < -0.39 is 0 Å². The molecule has 0 saturated carbocycles. The van der Waals surface area contributed by atoms with Gasteiger partial charge in [-0.25, -0.2) is 0 Å². The summed E-state index contributed by atoms with van der Waals surface area (Å²) in [5.41, 5.74) is 5.59. The Hall–Kier alpha value is -1.58. The zero-order chi connectivity index (χ0) is 15.4. The molecule has 0 bridgehead atoms. The van der Waals surface area contributed by atoms with Gasteiger partial charge in [0.15, 0.2) is 0 Å². The number of aromatic nitrogens is 1. The van der Waals surface area contributed by atoms with Gasteiger partial charge in [-0.3, -0.25) is 4.90 Å². The van der Waals surface area contributed by atoms with Gasteiger partial charge < -0.3 is 10.1 Å². The summed E-state index contributed by atoms with van der Waals surface area (Å²) in [4.78, 5) is 6.49. The number of rotatable bonds is 1. The first-order valence-corrected chi connectivity index (χ1v) is 9.01. The van der Waals surface area contributed by atoms with E-state index in [0.29, 0.717) is 18.0 Å². The molecule has 1 fully saturated rings. The molecule has 3 heterocycles. The molecule has 2 aliphatic heterocycles. The molecule has 2 N–H and O–H groups in total. The van der Waals surface area contributed by atoms with Crippen LogP contribution < -0.4 is 0 Å². The second-order valence-corrected chi connectivity index (χ2v) is 7.40. The largest absolute Gasteiger partial charge is 0.392 e. The van der Waals surface area contributed by atoms with Crippen molar-refractivity contribution in [2.45, 2.75) is 44.2 Å². The lowest BCUT2D eigenvalue weighted by Crippen LogP contribution is -2.50.